The number of nitrogens with one attached hydrogen (secondary N) is 2. The Bertz CT molecular complexity index is 2680. The zero-order valence-corrected chi connectivity index (χ0v) is 27.6. The molecule has 3 heterocycles. The molecule has 11 nitrogen and oxygen atoms in total. The van der Waals surface area contributed by atoms with Crippen molar-refractivity contribution in [3.05, 3.63) is 162 Å². The Labute approximate surface area is 300 Å². The molecule has 2 N–H and O–H groups in total. The molecule has 0 saturated heterocycles. The average Bonchev–Trinajstić information content (AvgIpc) is 3.89. The predicted octanol–water partition coefficient (Wildman–Crippen LogP) is 8.61. The number of carbonyl (C=O) groups excluding carboxylic acids is 4. The van der Waals surface area contributed by atoms with Crippen LogP contribution in [0, 0.1) is 0 Å². The summed E-state index contributed by atoms with van der Waals surface area (Å²) in [5, 5.41) is 5.68. The van der Waals surface area contributed by atoms with Crippen molar-refractivity contribution in [2.75, 3.05) is 15.5 Å². The summed E-state index contributed by atoms with van der Waals surface area (Å²) >= 11 is 0. The highest BCUT2D eigenvalue weighted by molar-refractivity contribution is 6.35. The molecule has 0 aliphatic carbocycles. The molecule has 0 bridgehead atoms. The van der Waals surface area contributed by atoms with Gasteiger partial charge in [-0.25, -0.2) is 14.9 Å². The lowest BCUT2D eigenvalue weighted by Crippen LogP contribution is -2.29. The van der Waals surface area contributed by atoms with Crippen molar-refractivity contribution in [1.82, 2.24) is 9.97 Å². The molecule has 0 atom stereocenters. The number of hydrogen-bond donors (Lipinski definition) is 2. The molecular formula is C42H25N5O6. The number of imide groups is 1. The van der Waals surface area contributed by atoms with Gasteiger partial charge in [-0.2, -0.15) is 0 Å². The van der Waals surface area contributed by atoms with Gasteiger partial charge in [-0.05, 0) is 115 Å². The van der Waals surface area contributed by atoms with Gasteiger partial charge in [0.25, 0.3) is 23.6 Å². The SMILES string of the molecule is O=C(Nc1ccc(-c2nc3ccccc3o2)cc1)c1ccc(N2C(=O)c3ccc(C(=O)Nc4ccc(-c5nc6ccccc6o5)cc4)cc3C2=O)cc1. The quantitative estimate of drug-likeness (QED) is 0.158. The van der Waals surface area contributed by atoms with E-state index in [-0.39, 0.29) is 22.6 Å². The Morgan fingerprint density at radius 2 is 0.981 bits per heavy atom. The topological polar surface area (TPSA) is 148 Å². The molecule has 1 aliphatic heterocycles. The minimum atomic E-state index is -0.571. The molecule has 4 amide bonds. The summed E-state index contributed by atoms with van der Waals surface area (Å²) in [4.78, 5) is 63.1. The Balaban J connectivity index is 0.851. The van der Waals surface area contributed by atoms with Crippen LogP contribution in [0.3, 0.4) is 0 Å². The zero-order valence-electron chi connectivity index (χ0n) is 27.6. The minimum Gasteiger partial charge on any atom is -0.436 e. The van der Waals surface area contributed by atoms with Gasteiger partial charge >= 0.3 is 0 Å². The summed E-state index contributed by atoms with van der Waals surface area (Å²) in [6, 6.07) is 39.6. The summed E-state index contributed by atoms with van der Waals surface area (Å²) in [5.74, 6) is -0.968. The van der Waals surface area contributed by atoms with Crippen LogP contribution in [0.5, 0.6) is 0 Å². The van der Waals surface area contributed by atoms with Crippen LogP contribution in [0.25, 0.3) is 45.1 Å². The van der Waals surface area contributed by atoms with Gasteiger partial charge in [0, 0.05) is 33.6 Å². The van der Waals surface area contributed by atoms with E-state index < -0.39 is 17.7 Å². The first-order valence-electron chi connectivity index (χ1n) is 16.6. The normalized spacial score (nSPS) is 12.3. The van der Waals surface area contributed by atoms with Crippen LogP contribution in [-0.4, -0.2) is 33.6 Å². The van der Waals surface area contributed by atoms with Crippen LogP contribution in [0.4, 0.5) is 17.1 Å². The van der Waals surface area contributed by atoms with Crippen molar-refractivity contribution in [2.45, 2.75) is 0 Å². The van der Waals surface area contributed by atoms with Gasteiger partial charge < -0.3 is 19.5 Å². The lowest BCUT2D eigenvalue weighted by Gasteiger charge is -2.14. The van der Waals surface area contributed by atoms with E-state index in [2.05, 4.69) is 20.6 Å². The molecule has 9 rings (SSSR count). The maximum atomic E-state index is 13.5. The number of rotatable bonds is 7. The van der Waals surface area contributed by atoms with Gasteiger partial charge in [-0.15, -0.1) is 0 Å². The van der Waals surface area contributed by atoms with Gasteiger partial charge in [0.2, 0.25) is 11.8 Å². The number of oxazole rings is 2. The number of nitrogens with zero attached hydrogens (tertiary/aromatic N) is 3. The number of hydrogen-bond acceptors (Lipinski definition) is 8. The van der Waals surface area contributed by atoms with Crippen LogP contribution in [0.1, 0.15) is 41.4 Å². The van der Waals surface area contributed by atoms with Crippen LogP contribution < -0.4 is 15.5 Å². The van der Waals surface area contributed by atoms with Gasteiger partial charge in [0.05, 0.1) is 16.8 Å². The number of carbonyl (C=O) groups is 4. The monoisotopic (exact) mass is 695 g/mol. The fourth-order valence-corrected chi connectivity index (χ4v) is 6.17. The van der Waals surface area contributed by atoms with Crippen molar-refractivity contribution < 1.29 is 28.0 Å². The van der Waals surface area contributed by atoms with E-state index in [0.717, 1.165) is 27.1 Å². The molecular weight excluding hydrogens is 670 g/mol. The summed E-state index contributed by atoms with van der Waals surface area (Å²) in [6.07, 6.45) is 0. The number of para-hydroxylation sites is 4. The van der Waals surface area contributed by atoms with E-state index in [0.29, 0.717) is 45.6 Å². The van der Waals surface area contributed by atoms with E-state index in [1.807, 2.05) is 48.5 Å². The summed E-state index contributed by atoms with van der Waals surface area (Å²) in [6.45, 7) is 0. The fourth-order valence-electron chi connectivity index (χ4n) is 6.17. The Morgan fingerprint density at radius 1 is 0.509 bits per heavy atom. The molecule has 6 aromatic carbocycles. The molecule has 0 spiro atoms. The molecule has 0 fully saturated rings. The maximum absolute atomic E-state index is 13.5. The largest absolute Gasteiger partial charge is 0.436 e. The standard InChI is InChI=1S/C42H25N5O6/c48-37(43-28-16-9-25(10-17-28)39-45-33-5-1-3-7-35(33)52-39)24-13-20-30(21-14-24)47-41(50)31-22-15-27(23-32(31)42(47)51)38(49)44-29-18-11-26(12-19-29)40-46-34-6-2-4-8-36(34)53-40/h1-23H,(H,43,48)(H,44,49). The molecule has 0 unspecified atom stereocenters. The van der Waals surface area contributed by atoms with Gasteiger partial charge in [0.1, 0.15) is 11.0 Å². The van der Waals surface area contributed by atoms with E-state index in [1.54, 1.807) is 48.5 Å². The highest BCUT2D eigenvalue weighted by Crippen LogP contribution is 2.31. The number of anilines is 3. The zero-order chi connectivity index (χ0) is 36.1. The van der Waals surface area contributed by atoms with E-state index >= 15 is 0 Å². The third-order valence-electron chi connectivity index (χ3n) is 8.90. The molecule has 11 heteroatoms. The van der Waals surface area contributed by atoms with Crippen molar-refractivity contribution >= 4 is 62.9 Å². The summed E-state index contributed by atoms with van der Waals surface area (Å²) in [5.41, 5.74) is 6.60. The summed E-state index contributed by atoms with van der Waals surface area (Å²) in [7, 11) is 0. The Kier molecular flexibility index (Phi) is 7.44. The average molecular weight is 696 g/mol. The van der Waals surface area contributed by atoms with Crippen LogP contribution in [-0.2, 0) is 0 Å². The number of aromatic nitrogens is 2. The highest BCUT2D eigenvalue weighted by Gasteiger charge is 2.37. The molecule has 8 aromatic rings. The van der Waals surface area contributed by atoms with Crippen LogP contribution >= 0.6 is 0 Å². The van der Waals surface area contributed by atoms with Gasteiger partial charge in [-0.3, -0.25) is 19.2 Å². The van der Waals surface area contributed by atoms with Crippen molar-refractivity contribution in [3.8, 4) is 22.9 Å². The first-order chi connectivity index (χ1) is 25.9. The lowest BCUT2D eigenvalue weighted by molar-refractivity contribution is 0.0924. The van der Waals surface area contributed by atoms with Crippen LogP contribution in [0.15, 0.2) is 148 Å². The molecule has 53 heavy (non-hydrogen) atoms. The second kappa shape index (κ2) is 12.6. The van der Waals surface area contributed by atoms with E-state index in [1.165, 1.54) is 42.5 Å². The van der Waals surface area contributed by atoms with Crippen molar-refractivity contribution in [1.29, 1.82) is 0 Å². The highest BCUT2D eigenvalue weighted by atomic mass is 16.4. The maximum Gasteiger partial charge on any atom is 0.266 e. The lowest BCUT2D eigenvalue weighted by atomic mass is 10.1. The first kappa shape index (κ1) is 31.3. The molecule has 254 valence electrons. The molecule has 0 radical (unpaired) electrons. The van der Waals surface area contributed by atoms with E-state index in [9.17, 15) is 19.2 Å². The van der Waals surface area contributed by atoms with Crippen molar-refractivity contribution in [2.24, 2.45) is 0 Å². The first-order valence-corrected chi connectivity index (χ1v) is 16.6. The number of amides is 4. The Hall–Kier alpha value is -7.66. The smallest absolute Gasteiger partial charge is 0.266 e. The van der Waals surface area contributed by atoms with Crippen molar-refractivity contribution in [3.63, 3.8) is 0 Å². The third kappa shape index (κ3) is 5.77. The van der Waals surface area contributed by atoms with Gasteiger partial charge in [-0.1, -0.05) is 24.3 Å². The Morgan fingerprint density at radius 3 is 1.51 bits per heavy atom. The predicted molar refractivity (Wildman–Crippen MR) is 199 cm³/mol. The number of fused-ring (bicyclic) bond motifs is 3. The van der Waals surface area contributed by atoms with E-state index in [4.69, 9.17) is 8.83 Å². The fraction of sp³-hybridized carbons (Fsp3) is 0. The molecule has 0 saturated carbocycles. The second-order valence-electron chi connectivity index (χ2n) is 12.3. The van der Waals surface area contributed by atoms with Gasteiger partial charge in [0.15, 0.2) is 11.2 Å². The third-order valence-corrected chi connectivity index (χ3v) is 8.90. The number of benzene rings is 6. The second-order valence-corrected chi connectivity index (χ2v) is 12.3. The summed E-state index contributed by atoms with van der Waals surface area (Å²) < 4.78 is 11.6. The molecule has 2 aromatic heterocycles. The van der Waals surface area contributed by atoms with Crippen LogP contribution in [0.2, 0.25) is 0 Å². The minimum absolute atomic E-state index is 0.108. The molecule has 1 aliphatic rings.